The average molecular weight is 438 g/mol. The number of anilines is 1. The van der Waals surface area contributed by atoms with Crippen molar-refractivity contribution in [2.24, 2.45) is 0 Å². The third-order valence-corrected chi connectivity index (χ3v) is 4.34. The summed E-state index contributed by atoms with van der Waals surface area (Å²) in [6.07, 6.45) is 0.904. The molecule has 0 atom stereocenters. The maximum Gasteiger partial charge on any atom is 0.335 e. The maximum absolute atomic E-state index is 11.2. The Morgan fingerprint density at radius 1 is 1.15 bits per heavy atom. The summed E-state index contributed by atoms with van der Waals surface area (Å²) in [7, 11) is 1.55. The van der Waals surface area contributed by atoms with E-state index in [9.17, 15) is 9.90 Å². The van der Waals surface area contributed by atoms with Crippen molar-refractivity contribution in [1.29, 1.82) is 0 Å². The number of methoxy groups -OCH3 is 1. The van der Waals surface area contributed by atoms with Crippen LogP contribution in [0.5, 0.6) is 17.2 Å². The molecule has 2 rings (SSSR count). The van der Waals surface area contributed by atoms with E-state index in [1.165, 1.54) is 6.07 Å². The van der Waals surface area contributed by atoms with Gasteiger partial charge in [-0.2, -0.15) is 0 Å². The molecule has 0 amide bonds. The highest BCUT2D eigenvalue weighted by molar-refractivity contribution is 9.10. The number of hydrogen-bond acceptors (Lipinski definition) is 5. The van der Waals surface area contributed by atoms with Gasteiger partial charge in [0.05, 0.1) is 36.0 Å². The summed E-state index contributed by atoms with van der Waals surface area (Å²) in [5.41, 5.74) is 1.76. The quantitative estimate of drug-likeness (QED) is 0.547. The maximum atomic E-state index is 11.2. The number of hydrogen-bond donors (Lipinski definition) is 2. The van der Waals surface area contributed by atoms with Crippen LogP contribution in [0, 0.1) is 0 Å². The van der Waals surface area contributed by atoms with E-state index >= 15 is 0 Å². The molecule has 0 aliphatic carbocycles. The van der Waals surface area contributed by atoms with Crippen LogP contribution in [-0.4, -0.2) is 31.4 Å². The summed E-state index contributed by atoms with van der Waals surface area (Å²) in [5, 5.41) is 12.4. The summed E-state index contributed by atoms with van der Waals surface area (Å²) >= 11 is 3.55. The molecule has 0 aliphatic heterocycles. The molecule has 2 aromatic rings. The Bertz CT molecular complexity index is 794. The largest absolute Gasteiger partial charge is 0.495 e. The van der Waals surface area contributed by atoms with E-state index in [0.29, 0.717) is 42.7 Å². The highest BCUT2D eigenvalue weighted by Crippen LogP contribution is 2.37. The summed E-state index contributed by atoms with van der Waals surface area (Å²) in [4.78, 5) is 11.2. The predicted octanol–water partition coefficient (Wildman–Crippen LogP) is 4.96. The molecule has 0 aliphatic rings. The van der Waals surface area contributed by atoms with Gasteiger partial charge in [-0.3, -0.25) is 0 Å². The van der Waals surface area contributed by atoms with Gasteiger partial charge in [0.1, 0.15) is 5.75 Å². The Labute approximate surface area is 167 Å². The van der Waals surface area contributed by atoms with Crippen LogP contribution in [0.2, 0.25) is 0 Å². The van der Waals surface area contributed by atoms with E-state index in [0.717, 1.165) is 16.5 Å². The molecule has 27 heavy (non-hydrogen) atoms. The van der Waals surface area contributed by atoms with Gasteiger partial charge in [-0.15, -0.1) is 0 Å². The monoisotopic (exact) mass is 437 g/mol. The van der Waals surface area contributed by atoms with Crippen LogP contribution in [0.3, 0.4) is 0 Å². The number of halogens is 1. The number of carboxylic acid groups (broad SMARTS) is 1. The molecule has 0 radical (unpaired) electrons. The molecule has 0 bridgehead atoms. The number of carbonyl (C=O) groups is 1. The minimum Gasteiger partial charge on any atom is -0.495 e. The lowest BCUT2D eigenvalue weighted by Gasteiger charge is -2.16. The minimum atomic E-state index is -0.987. The number of rotatable bonds is 10. The Morgan fingerprint density at radius 2 is 1.93 bits per heavy atom. The second-order valence-corrected chi connectivity index (χ2v) is 6.61. The van der Waals surface area contributed by atoms with Gasteiger partial charge in [0.15, 0.2) is 11.5 Å². The van der Waals surface area contributed by atoms with Gasteiger partial charge in [-0.05, 0) is 65.2 Å². The molecule has 0 saturated heterocycles. The average Bonchev–Trinajstić information content (AvgIpc) is 2.65. The molecule has 2 N–H and O–H groups in total. The van der Waals surface area contributed by atoms with Crippen molar-refractivity contribution in [2.75, 3.05) is 25.6 Å². The van der Waals surface area contributed by atoms with Crippen LogP contribution in [0.15, 0.2) is 34.8 Å². The zero-order valence-electron chi connectivity index (χ0n) is 15.7. The van der Waals surface area contributed by atoms with Gasteiger partial charge < -0.3 is 24.6 Å². The third kappa shape index (κ3) is 5.53. The molecule has 0 fully saturated rings. The van der Waals surface area contributed by atoms with Crippen molar-refractivity contribution in [3.8, 4) is 17.2 Å². The SMILES string of the molecule is CCCOc1c(Br)cc(CNc2cc(C(=O)O)ccc2OC)cc1OCC. The van der Waals surface area contributed by atoms with E-state index in [1.807, 2.05) is 26.0 Å². The van der Waals surface area contributed by atoms with Crippen LogP contribution in [-0.2, 0) is 6.54 Å². The number of carboxylic acids is 1. The molecule has 6 nitrogen and oxygen atoms in total. The van der Waals surface area contributed by atoms with Crippen molar-refractivity contribution in [1.82, 2.24) is 0 Å². The number of ether oxygens (including phenoxy) is 3. The predicted molar refractivity (Wildman–Crippen MR) is 108 cm³/mol. The first-order valence-corrected chi connectivity index (χ1v) is 9.52. The van der Waals surface area contributed by atoms with Gasteiger partial charge in [-0.1, -0.05) is 6.92 Å². The lowest BCUT2D eigenvalue weighted by Crippen LogP contribution is -2.06. The molecule has 0 unspecified atom stereocenters. The second kappa shape index (κ2) is 10.1. The summed E-state index contributed by atoms with van der Waals surface area (Å²) in [5.74, 6) is 0.947. The Balaban J connectivity index is 2.25. The lowest BCUT2D eigenvalue weighted by atomic mass is 10.1. The van der Waals surface area contributed by atoms with Gasteiger partial charge >= 0.3 is 5.97 Å². The van der Waals surface area contributed by atoms with Crippen molar-refractivity contribution in [2.45, 2.75) is 26.8 Å². The van der Waals surface area contributed by atoms with Gasteiger partial charge in [0.2, 0.25) is 0 Å². The van der Waals surface area contributed by atoms with Gasteiger partial charge in [0.25, 0.3) is 0 Å². The Kier molecular flexibility index (Phi) is 7.79. The topological polar surface area (TPSA) is 77.0 Å². The smallest absolute Gasteiger partial charge is 0.335 e. The van der Waals surface area contributed by atoms with Crippen LogP contribution in [0.4, 0.5) is 5.69 Å². The molecular weight excluding hydrogens is 414 g/mol. The van der Waals surface area contributed by atoms with E-state index in [1.54, 1.807) is 19.2 Å². The van der Waals surface area contributed by atoms with Crippen LogP contribution >= 0.6 is 15.9 Å². The fraction of sp³-hybridized carbons (Fsp3) is 0.350. The van der Waals surface area contributed by atoms with Crippen molar-refractivity contribution in [3.05, 3.63) is 45.9 Å². The molecule has 0 saturated carbocycles. The fourth-order valence-corrected chi connectivity index (χ4v) is 3.11. The summed E-state index contributed by atoms with van der Waals surface area (Å²) in [6, 6.07) is 8.57. The van der Waals surface area contributed by atoms with Crippen molar-refractivity contribution >= 4 is 27.6 Å². The Hall–Kier alpha value is -2.41. The number of benzene rings is 2. The zero-order valence-corrected chi connectivity index (χ0v) is 17.3. The molecule has 2 aromatic carbocycles. The standard InChI is InChI=1S/C20H24BrNO5/c1-4-8-27-19-15(21)9-13(10-18(19)26-5-2)12-22-16-11-14(20(23)24)6-7-17(16)25-3/h6-7,9-11,22H,4-5,8,12H2,1-3H3,(H,23,24). The highest BCUT2D eigenvalue weighted by Gasteiger charge is 2.13. The first-order chi connectivity index (χ1) is 13.0. The van der Waals surface area contributed by atoms with E-state index in [-0.39, 0.29) is 5.56 Å². The lowest BCUT2D eigenvalue weighted by molar-refractivity contribution is 0.0697. The molecule has 7 heteroatoms. The Morgan fingerprint density at radius 3 is 2.56 bits per heavy atom. The fourth-order valence-electron chi connectivity index (χ4n) is 2.51. The molecule has 0 aromatic heterocycles. The van der Waals surface area contributed by atoms with E-state index in [2.05, 4.69) is 21.2 Å². The van der Waals surface area contributed by atoms with Gasteiger partial charge in [-0.25, -0.2) is 4.79 Å². The van der Waals surface area contributed by atoms with Crippen LogP contribution in [0.1, 0.15) is 36.2 Å². The van der Waals surface area contributed by atoms with Crippen molar-refractivity contribution < 1.29 is 24.1 Å². The zero-order chi connectivity index (χ0) is 19.8. The van der Waals surface area contributed by atoms with Crippen LogP contribution < -0.4 is 19.5 Å². The van der Waals surface area contributed by atoms with E-state index in [4.69, 9.17) is 14.2 Å². The molecule has 0 spiro atoms. The highest BCUT2D eigenvalue weighted by atomic mass is 79.9. The van der Waals surface area contributed by atoms with Gasteiger partial charge in [0, 0.05) is 6.54 Å². The molecule has 0 heterocycles. The normalized spacial score (nSPS) is 10.4. The van der Waals surface area contributed by atoms with E-state index < -0.39 is 5.97 Å². The van der Waals surface area contributed by atoms with Crippen LogP contribution in [0.25, 0.3) is 0 Å². The number of nitrogens with one attached hydrogen (secondary N) is 1. The summed E-state index contributed by atoms with van der Waals surface area (Å²) in [6.45, 7) is 5.57. The third-order valence-electron chi connectivity index (χ3n) is 3.75. The first kappa shape index (κ1) is 20.9. The first-order valence-electron chi connectivity index (χ1n) is 8.73. The molecule has 146 valence electrons. The second-order valence-electron chi connectivity index (χ2n) is 5.76. The minimum absolute atomic E-state index is 0.192. The number of aromatic carboxylic acids is 1. The summed E-state index contributed by atoms with van der Waals surface area (Å²) < 4.78 is 17.6. The molecular formula is C20H24BrNO5. The van der Waals surface area contributed by atoms with Crippen molar-refractivity contribution in [3.63, 3.8) is 0 Å².